The molecule has 23 heavy (non-hydrogen) atoms. The molecule has 0 saturated carbocycles. The number of amides is 2. The summed E-state index contributed by atoms with van der Waals surface area (Å²) in [5.74, 6) is 0. The number of para-hydroxylation sites is 1. The Morgan fingerprint density at radius 1 is 0.870 bits per heavy atom. The zero-order chi connectivity index (χ0) is 13.9. The summed E-state index contributed by atoms with van der Waals surface area (Å²) in [6.45, 7) is 0. The largest absolute Gasteiger partial charge is 2.00 e. The number of rotatable bonds is 4. The van der Waals surface area contributed by atoms with Gasteiger partial charge < -0.3 is 32.5 Å². The molecule has 0 aliphatic rings. The molecule has 0 aliphatic carbocycles. The summed E-state index contributed by atoms with van der Waals surface area (Å²) in [6, 6.07) is 17.5. The number of benzene rings is 2. The molecule has 0 aliphatic heterocycles. The normalized spacial score (nSPS) is 7.17. The van der Waals surface area contributed by atoms with Gasteiger partial charge in [0.15, 0.2) is 0 Å². The number of nitrogens with one attached hydrogen (secondary N) is 2. The summed E-state index contributed by atoms with van der Waals surface area (Å²) in [5, 5.41) is 5.26. The smallest absolute Gasteiger partial charge is 0.511 e. The van der Waals surface area contributed by atoms with Crippen molar-refractivity contribution in [1.29, 1.82) is 0 Å². The number of hydrogen-bond donors (Lipinski definition) is 4. The molecule has 6 nitrogen and oxygen atoms in total. The fourth-order valence-electron chi connectivity index (χ4n) is 1.06. The van der Waals surface area contributed by atoms with Crippen LogP contribution in [0.2, 0.25) is 5.02 Å². The van der Waals surface area contributed by atoms with Crippen LogP contribution < -0.4 is 22.9 Å². The molecule has 2 amide bonds. The third-order valence-corrected chi connectivity index (χ3v) is 2.09. The Kier molecular flexibility index (Phi) is 26.2. The first-order chi connectivity index (χ1) is 9.26. The zero-order valence-electron chi connectivity index (χ0n) is 12.2. The Morgan fingerprint density at radius 3 is 1.83 bits per heavy atom. The molecule has 0 bridgehead atoms. The van der Waals surface area contributed by atoms with Crippen LogP contribution in [0.5, 0.6) is 0 Å². The molecule has 0 spiro atoms. The minimum absolute atomic E-state index is 0. The molecule has 0 heterocycles. The van der Waals surface area contributed by atoms with Crippen molar-refractivity contribution in [3.63, 3.8) is 0 Å². The van der Waals surface area contributed by atoms with Gasteiger partial charge in [0.2, 0.25) is 0 Å². The van der Waals surface area contributed by atoms with E-state index in [2.05, 4.69) is 22.8 Å². The first kappa shape index (κ1) is 30.6. The molecule has 0 fully saturated rings. The monoisotopic (exact) mass is 782 g/mol. The van der Waals surface area contributed by atoms with Crippen molar-refractivity contribution in [3.05, 3.63) is 59.6 Å². The summed E-state index contributed by atoms with van der Waals surface area (Å²) in [4.78, 5) is 19.5. The average molecular weight is 783 g/mol. The van der Waals surface area contributed by atoms with Crippen molar-refractivity contribution in [1.82, 2.24) is 12.3 Å². The third-order valence-electron chi connectivity index (χ3n) is 1.86. The van der Waals surface area contributed by atoms with Crippen LogP contribution in [0.25, 0.3) is 0 Å². The second-order valence-corrected chi connectivity index (χ2v) is 3.59. The van der Waals surface area contributed by atoms with Crippen LogP contribution in [-0.4, -0.2) is 12.8 Å². The molecule has 0 atom stereocenters. The van der Waals surface area contributed by atoms with Gasteiger partial charge in [0.1, 0.15) is 0 Å². The third kappa shape index (κ3) is 15.0. The maximum atomic E-state index is 9.77. The molecule has 9 heteroatoms. The van der Waals surface area contributed by atoms with E-state index in [9.17, 15) is 9.59 Å². The number of halogens is 1. The first-order valence-electron chi connectivity index (χ1n) is 5.16. The standard InChI is InChI=1S/C7H4ClNO.C7H5NO.2H3N.2U/c8-6-1-3-7(4-2-6)9-5-10;9-6-8-7-4-2-1-3-5-7;;;;/h1-3H,(H,9,10);1-4H,(H,8,9);2*1H3;;/q2*-2;;;2*+2. The van der Waals surface area contributed by atoms with E-state index in [1.807, 2.05) is 12.1 Å². The first-order valence-corrected chi connectivity index (χ1v) is 5.54. The summed E-state index contributed by atoms with van der Waals surface area (Å²) in [7, 11) is 0. The van der Waals surface area contributed by atoms with E-state index in [4.69, 9.17) is 11.6 Å². The van der Waals surface area contributed by atoms with Crippen LogP contribution in [0.1, 0.15) is 0 Å². The molecule has 0 aromatic heterocycles. The quantitative estimate of drug-likeness (QED) is 0.281. The van der Waals surface area contributed by atoms with E-state index in [-0.39, 0.29) is 74.5 Å². The van der Waals surface area contributed by atoms with Crippen molar-refractivity contribution in [2.24, 2.45) is 0 Å². The van der Waals surface area contributed by atoms with Crippen molar-refractivity contribution < 1.29 is 71.8 Å². The van der Waals surface area contributed by atoms with Crippen molar-refractivity contribution in [2.75, 3.05) is 10.6 Å². The molecule has 2 aromatic rings. The van der Waals surface area contributed by atoms with Crippen LogP contribution >= 0.6 is 11.6 Å². The second kappa shape index (κ2) is 19.7. The topological polar surface area (TPSA) is 128 Å². The van der Waals surface area contributed by atoms with Crippen molar-refractivity contribution >= 4 is 35.8 Å². The predicted molar refractivity (Wildman–Crippen MR) is 84.2 cm³/mol. The molecule has 118 valence electrons. The Balaban J connectivity index is -0.000000134. The Labute approximate surface area is 188 Å². The zero-order valence-corrected chi connectivity index (χ0v) is 21.2. The molecule has 8 N–H and O–H groups in total. The van der Waals surface area contributed by atoms with Crippen LogP contribution in [0.3, 0.4) is 0 Å². The van der Waals surface area contributed by atoms with E-state index in [1.165, 1.54) is 6.41 Å². The Bertz CT molecular complexity index is 516. The Hall–Kier alpha value is -0.306. The minimum Gasteiger partial charge on any atom is -0.511 e. The predicted octanol–water partition coefficient (Wildman–Crippen LogP) is 2.91. The van der Waals surface area contributed by atoms with Gasteiger partial charge >= 0.3 is 62.2 Å². The van der Waals surface area contributed by atoms with Gasteiger partial charge in [-0.2, -0.15) is 41.9 Å². The van der Waals surface area contributed by atoms with Gasteiger partial charge in [-0.3, -0.25) is 12.1 Å². The van der Waals surface area contributed by atoms with Gasteiger partial charge in [-0.05, 0) is 0 Å². The average Bonchev–Trinajstić information content (AvgIpc) is 2.44. The van der Waals surface area contributed by atoms with Gasteiger partial charge in [0.05, 0.1) is 12.8 Å². The molecular weight excluding hydrogens is 768 g/mol. The van der Waals surface area contributed by atoms with E-state index in [0.717, 1.165) is 0 Å². The van der Waals surface area contributed by atoms with Crippen molar-refractivity contribution in [3.8, 4) is 0 Å². The SMILES string of the molecule is N.N.O=[C-]Nc1[c-]cc(Cl)cc1.O=[C-]Nc1[c-]cccc1.[U+2].[U+2]. The summed E-state index contributed by atoms with van der Waals surface area (Å²) >= 11 is 5.55. The molecule has 0 saturated heterocycles. The van der Waals surface area contributed by atoms with E-state index >= 15 is 0 Å². The molecule has 0 unspecified atom stereocenters. The van der Waals surface area contributed by atoms with Crippen LogP contribution in [0, 0.1) is 74.4 Å². The molecule has 2 aromatic carbocycles. The van der Waals surface area contributed by atoms with E-state index in [1.54, 1.807) is 36.7 Å². The van der Waals surface area contributed by atoms with Crippen LogP contribution in [0.4, 0.5) is 11.4 Å². The number of hydrogen-bond acceptors (Lipinski definition) is 4. The Morgan fingerprint density at radius 2 is 1.43 bits per heavy atom. The summed E-state index contributed by atoms with van der Waals surface area (Å²) in [5.41, 5.74) is 1.21. The van der Waals surface area contributed by atoms with Crippen LogP contribution in [0.15, 0.2) is 42.5 Å². The van der Waals surface area contributed by atoms with Crippen molar-refractivity contribution in [2.45, 2.75) is 0 Å². The second-order valence-electron chi connectivity index (χ2n) is 3.15. The van der Waals surface area contributed by atoms with E-state index in [0.29, 0.717) is 16.4 Å². The van der Waals surface area contributed by atoms with Gasteiger partial charge in [0, 0.05) is 0 Å². The number of carbonyl (C=O) groups excluding carboxylic acids is 2. The van der Waals surface area contributed by atoms with Gasteiger partial charge in [0.25, 0.3) is 0 Å². The van der Waals surface area contributed by atoms with Crippen LogP contribution in [-0.2, 0) is 9.59 Å². The summed E-state index contributed by atoms with van der Waals surface area (Å²) < 4.78 is 0. The maximum Gasteiger partial charge on any atom is 2.00 e. The van der Waals surface area contributed by atoms with E-state index < -0.39 is 0 Å². The van der Waals surface area contributed by atoms with Gasteiger partial charge in [-0.25, -0.2) is 23.5 Å². The van der Waals surface area contributed by atoms with Gasteiger partial charge in [-0.15, -0.1) is 0 Å². The summed E-state index contributed by atoms with van der Waals surface area (Å²) in [6.07, 6.45) is 3.08. The fraction of sp³-hybridized carbons (Fsp3) is 0. The fourth-order valence-corrected chi connectivity index (χ4v) is 1.18. The number of anilines is 2. The van der Waals surface area contributed by atoms with Gasteiger partial charge in [-0.1, -0.05) is 5.02 Å². The molecular formula is C14H15ClN4O2U2. The molecule has 2 rings (SSSR count). The molecule has 0 radical (unpaired) electrons. The maximum absolute atomic E-state index is 9.77. The minimum atomic E-state index is 0.